The SMILES string of the molecule is Cc1nc2ccccc2n1CCC(C)(N)CO. The van der Waals surface area contributed by atoms with Crippen molar-refractivity contribution in [1.82, 2.24) is 9.55 Å². The second-order valence-electron chi connectivity index (χ2n) is 4.86. The van der Waals surface area contributed by atoms with Crippen molar-refractivity contribution in [2.45, 2.75) is 32.4 Å². The van der Waals surface area contributed by atoms with Crippen LogP contribution in [0.2, 0.25) is 0 Å². The minimum atomic E-state index is -0.530. The van der Waals surface area contributed by atoms with Crippen molar-refractivity contribution < 1.29 is 5.11 Å². The third kappa shape index (κ3) is 2.48. The van der Waals surface area contributed by atoms with Crippen molar-refractivity contribution in [2.75, 3.05) is 6.61 Å². The Balaban J connectivity index is 2.27. The zero-order valence-corrected chi connectivity index (χ0v) is 10.3. The summed E-state index contributed by atoms with van der Waals surface area (Å²) in [6, 6.07) is 8.06. The predicted octanol–water partition coefficient (Wildman–Crippen LogP) is 1.44. The highest BCUT2D eigenvalue weighted by molar-refractivity contribution is 5.75. The Bertz CT molecular complexity index is 516. The molecule has 0 aliphatic heterocycles. The van der Waals surface area contributed by atoms with Crippen LogP contribution >= 0.6 is 0 Å². The lowest BCUT2D eigenvalue weighted by Crippen LogP contribution is -2.41. The predicted molar refractivity (Wildman–Crippen MR) is 68.8 cm³/mol. The van der Waals surface area contributed by atoms with Gasteiger partial charge in [-0.25, -0.2) is 4.98 Å². The van der Waals surface area contributed by atoms with Gasteiger partial charge in [0.15, 0.2) is 0 Å². The monoisotopic (exact) mass is 233 g/mol. The number of nitrogens with zero attached hydrogens (tertiary/aromatic N) is 2. The number of nitrogens with two attached hydrogens (primary N) is 1. The molecule has 1 heterocycles. The minimum Gasteiger partial charge on any atom is -0.394 e. The summed E-state index contributed by atoms with van der Waals surface area (Å²) in [5.74, 6) is 0.986. The van der Waals surface area contributed by atoms with E-state index < -0.39 is 5.54 Å². The van der Waals surface area contributed by atoms with E-state index in [4.69, 9.17) is 10.8 Å². The van der Waals surface area contributed by atoms with E-state index in [0.717, 1.165) is 29.8 Å². The molecule has 2 aromatic rings. The molecule has 4 nitrogen and oxygen atoms in total. The number of aliphatic hydroxyl groups is 1. The van der Waals surface area contributed by atoms with Crippen LogP contribution in [-0.2, 0) is 6.54 Å². The van der Waals surface area contributed by atoms with E-state index in [9.17, 15) is 0 Å². The lowest BCUT2D eigenvalue weighted by molar-refractivity contribution is 0.195. The van der Waals surface area contributed by atoms with Crippen LogP contribution < -0.4 is 5.73 Å². The van der Waals surface area contributed by atoms with E-state index in [1.807, 2.05) is 32.0 Å². The van der Waals surface area contributed by atoms with Crippen molar-refractivity contribution in [1.29, 1.82) is 0 Å². The summed E-state index contributed by atoms with van der Waals surface area (Å²) in [6.07, 6.45) is 0.727. The number of hydrogen-bond donors (Lipinski definition) is 2. The number of aromatic nitrogens is 2. The zero-order chi connectivity index (χ0) is 12.5. The smallest absolute Gasteiger partial charge is 0.106 e. The molecule has 4 heteroatoms. The molecule has 0 saturated carbocycles. The third-order valence-electron chi connectivity index (χ3n) is 3.11. The zero-order valence-electron chi connectivity index (χ0n) is 10.3. The van der Waals surface area contributed by atoms with E-state index in [1.54, 1.807) is 0 Å². The van der Waals surface area contributed by atoms with Crippen LogP contribution in [0, 0.1) is 6.92 Å². The first-order chi connectivity index (χ1) is 8.03. The van der Waals surface area contributed by atoms with Crippen LogP contribution in [0.4, 0.5) is 0 Å². The Morgan fingerprint density at radius 1 is 1.41 bits per heavy atom. The van der Waals surface area contributed by atoms with Gasteiger partial charge in [0, 0.05) is 12.1 Å². The summed E-state index contributed by atoms with van der Waals surface area (Å²) >= 11 is 0. The third-order valence-corrected chi connectivity index (χ3v) is 3.11. The molecule has 92 valence electrons. The number of aliphatic hydroxyl groups excluding tert-OH is 1. The van der Waals surface area contributed by atoms with Gasteiger partial charge in [0.05, 0.1) is 17.6 Å². The van der Waals surface area contributed by atoms with E-state index >= 15 is 0 Å². The summed E-state index contributed by atoms with van der Waals surface area (Å²) in [5.41, 5.74) is 7.54. The molecule has 0 aliphatic carbocycles. The Morgan fingerprint density at radius 3 is 2.82 bits per heavy atom. The number of rotatable bonds is 4. The summed E-state index contributed by atoms with van der Waals surface area (Å²) < 4.78 is 2.15. The fourth-order valence-electron chi connectivity index (χ4n) is 1.92. The maximum absolute atomic E-state index is 9.16. The molecule has 1 atom stereocenters. The van der Waals surface area contributed by atoms with E-state index in [1.165, 1.54) is 0 Å². The van der Waals surface area contributed by atoms with Gasteiger partial charge in [-0.15, -0.1) is 0 Å². The number of imidazole rings is 1. The first kappa shape index (κ1) is 12.1. The van der Waals surface area contributed by atoms with Gasteiger partial charge in [-0.1, -0.05) is 12.1 Å². The van der Waals surface area contributed by atoms with Gasteiger partial charge in [-0.05, 0) is 32.4 Å². The van der Waals surface area contributed by atoms with Gasteiger partial charge in [-0.2, -0.15) is 0 Å². The van der Waals surface area contributed by atoms with E-state index in [0.29, 0.717) is 0 Å². The minimum absolute atomic E-state index is 0.00131. The molecule has 1 unspecified atom stereocenters. The molecule has 0 radical (unpaired) electrons. The average molecular weight is 233 g/mol. The van der Waals surface area contributed by atoms with Gasteiger partial charge in [0.1, 0.15) is 5.82 Å². The van der Waals surface area contributed by atoms with Crippen LogP contribution in [0.3, 0.4) is 0 Å². The van der Waals surface area contributed by atoms with Gasteiger partial charge >= 0.3 is 0 Å². The summed E-state index contributed by atoms with van der Waals surface area (Å²) in [5, 5.41) is 9.16. The highest BCUT2D eigenvalue weighted by Crippen LogP contribution is 2.17. The summed E-state index contributed by atoms with van der Waals surface area (Å²) in [7, 11) is 0. The molecule has 1 aromatic heterocycles. The summed E-state index contributed by atoms with van der Waals surface area (Å²) in [4.78, 5) is 4.50. The topological polar surface area (TPSA) is 64.1 Å². The average Bonchev–Trinajstić information content (AvgIpc) is 2.62. The standard InChI is InChI=1S/C13H19N3O/c1-10-15-11-5-3-4-6-12(11)16(10)8-7-13(2,14)9-17/h3-6,17H,7-9,14H2,1-2H3. The molecule has 0 amide bonds. The van der Waals surface area contributed by atoms with Crippen LogP contribution in [-0.4, -0.2) is 26.8 Å². The normalized spacial score (nSPS) is 15.1. The molecule has 0 saturated heterocycles. The van der Waals surface area contributed by atoms with Crippen LogP contribution in [0.25, 0.3) is 11.0 Å². The Kier molecular flexibility index (Phi) is 3.17. The molecule has 3 N–H and O–H groups in total. The fourth-order valence-corrected chi connectivity index (χ4v) is 1.92. The number of aryl methyl sites for hydroxylation is 2. The second kappa shape index (κ2) is 4.47. The summed E-state index contributed by atoms with van der Waals surface area (Å²) in [6.45, 7) is 4.63. The largest absolute Gasteiger partial charge is 0.394 e. The molecular formula is C13H19N3O. The maximum atomic E-state index is 9.16. The lowest BCUT2D eigenvalue weighted by Gasteiger charge is -2.22. The van der Waals surface area contributed by atoms with Crippen molar-refractivity contribution in [2.24, 2.45) is 5.73 Å². The van der Waals surface area contributed by atoms with Crippen molar-refractivity contribution in [3.63, 3.8) is 0 Å². The molecule has 0 bridgehead atoms. The second-order valence-corrected chi connectivity index (χ2v) is 4.86. The number of para-hydroxylation sites is 2. The van der Waals surface area contributed by atoms with E-state index in [-0.39, 0.29) is 6.61 Å². The highest BCUT2D eigenvalue weighted by Gasteiger charge is 2.17. The number of fused-ring (bicyclic) bond motifs is 1. The lowest BCUT2D eigenvalue weighted by atomic mass is 10.0. The van der Waals surface area contributed by atoms with Crippen LogP contribution in [0.5, 0.6) is 0 Å². The molecule has 0 fully saturated rings. The van der Waals surface area contributed by atoms with Gasteiger partial charge < -0.3 is 15.4 Å². The molecule has 0 aliphatic rings. The van der Waals surface area contributed by atoms with Gasteiger partial charge in [0.2, 0.25) is 0 Å². The maximum Gasteiger partial charge on any atom is 0.106 e. The highest BCUT2D eigenvalue weighted by atomic mass is 16.3. The molecule has 17 heavy (non-hydrogen) atoms. The quantitative estimate of drug-likeness (QED) is 0.840. The van der Waals surface area contributed by atoms with Crippen molar-refractivity contribution in [3.05, 3.63) is 30.1 Å². The molecule has 2 rings (SSSR count). The van der Waals surface area contributed by atoms with Gasteiger partial charge in [-0.3, -0.25) is 0 Å². The first-order valence-corrected chi connectivity index (χ1v) is 5.85. The Hall–Kier alpha value is -1.39. The molecule has 0 spiro atoms. The fraction of sp³-hybridized carbons (Fsp3) is 0.462. The van der Waals surface area contributed by atoms with Gasteiger partial charge in [0.25, 0.3) is 0 Å². The molecular weight excluding hydrogens is 214 g/mol. The van der Waals surface area contributed by atoms with Crippen molar-refractivity contribution in [3.8, 4) is 0 Å². The molecule has 1 aromatic carbocycles. The Morgan fingerprint density at radius 2 is 2.12 bits per heavy atom. The van der Waals surface area contributed by atoms with Crippen LogP contribution in [0.15, 0.2) is 24.3 Å². The van der Waals surface area contributed by atoms with Crippen molar-refractivity contribution >= 4 is 11.0 Å². The van der Waals surface area contributed by atoms with Crippen LogP contribution in [0.1, 0.15) is 19.2 Å². The number of hydrogen-bond acceptors (Lipinski definition) is 3. The first-order valence-electron chi connectivity index (χ1n) is 5.85. The Labute approximate surface area is 101 Å². The van der Waals surface area contributed by atoms with E-state index in [2.05, 4.69) is 15.6 Å². The number of benzene rings is 1.